The number of hydroxylamine groups is 2. The van der Waals surface area contributed by atoms with Gasteiger partial charge < -0.3 is 15.0 Å². The summed E-state index contributed by atoms with van der Waals surface area (Å²) < 4.78 is 5.45. The van der Waals surface area contributed by atoms with Gasteiger partial charge in [0.05, 0.1) is 0 Å². The number of hydrogen-bond acceptors (Lipinski definition) is 4. The van der Waals surface area contributed by atoms with Crippen LogP contribution in [-0.2, 0) is 9.53 Å². The van der Waals surface area contributed by atoms with Gasteiger partial charge in [0.1, 0.15) is 6.10 Å². The normalized spacial score (nSPS) is 24.6. The molecule has 0 amide bonds. The molecule has 0 spiro atoms. The van der Waals surface area contributed by atoms with Crippen LogP contribution in [0.15, 0.2) is 0 Å². The molecule has 0 radical (unpaired) electrons. The number of carbonyl (C=O) groups is 1. The molecule has 1 rings (SSSR count). The van der Waals surface area contributed by atoms with Gasteiger partial charge in [0.15, 0.2) is 0 Å². The summed E-state index contributed by atoms with van der Waals surface area (Å²) in [7, 11) is 0. The van der Waals surface area contributed by atoms with E-state index in [0.29, 0.717) is 19.3 Å². The van der Waals surface area contributed by atoms with Crippen molar-refractivity contribution in [3.8, 4) is 0 Å². The number of esters is 1. The minimum absolute atomic E-state index is 0.135. The van der Waals surface area contributed by atoms with Gasteiger partial charge in [-0.15, -0.1) is 0 Å². The van der Waals surface area contributed by atoms with Crippen molar-refractivity contribution < 1.29 is 9.53 Å². The van der Waals surface area contributed by atoms with Gasteiger partial charge in [-0.25, -0.2) is 0 Å². The molecule has 0 aliphatic carbocycles. The highest BCUT2D eigenvalue weighted by Crippen LogP contribution is 2.38. The van der Waals surface area contributed by atoms with Crippen LogP contribution in [0, 0.1) is 5.21 Å². The van der Waals surface area contributed by atoms with E-state index in [1.165, 1.54) is 0 Å². The molecule has 0 bridgehead atoms. The van der Waals surface area contributed by atoms with Crippen molar-refractivity contribution in [1.82, 2.24) is 5.06 Å². The Kier molecular flexibility index (Phi) is 4.20. The molecule has 1 aliphatic heterocycles. The Bertz CT molecular complexity index is 268. The highest BCUT2D eigenvalue weighted by molar-refractivity contribution is 5.69. The topological polar surface area (TPSA) is 52.6 Å². The Balaban J connectivity index is 2.68. The van der Waals surface area contributed by atoms with Crippen molar-refractivity contribution in [3.05, 3.63) is 5.21 Å². The average Bonchev–Trinajstić information content (AvgIpc) is 2.13. The van der Waals surface area contributed by atoms with E-state index in [-0.39, 0.29) is 12.1 Å². The van der Waals surface area contributed by atoms with Crippen molar-refractivity contribution in [2.24, 2.45) is 0 Å². The number of piperidine rings is 1. The molecule has 0 saturated carbocycles. The molecule has 0 N–H and O–H groups in total. The van der Waals surface area contributed by atoms with Gasteiger partial charge in [-0.2, -0.15) is 0 Å². The molecule has 0 aromatic rings. The van der Waals surface area contributed by atoms with Crippen LogP contribution in [0.1, 0.15) is 60.3 Å². The second-order valence-electron chi connectivity index (χ2n) is 6.19. The zero-order chi connectivity index (χ0) is 13.3. The van der Waals surface area contributed by atoms with E-state index in [4.69, 9.17) is 4.74 Å². The van der Waals surface area contributed by atoms with Crippen molar-refractivity contribution >= 4 is 5.97 Å². The highest BCUT2D eigenvalue weighted by Gasteiger charge is 2.41. The van der Waals surface area contributed by atoms with E-state index >= 15 is 0 Å². The zero-order valence-corrected chi connectivity index (χ0v) is 11.6. The first kappa shape index (κ1) is 14.5. The van der Waals surface area contributed by atoms with Gasteiger partial charge in [0.2, 0.25) is 0 Å². The van der Waals surface area contributed by atoms with Crippen LogP contribution in [0.2, 0.25) is 0 Å². The smallest absolute Gasteiger partial charge is 0.306 e. The fourth-order valence-corrected chi connectivity index (χ4v) is 2.70. The Morgan fingerprint density at radius 3 is 2.18 bits per heavy atom. The molecule has 1 saturated heterocycles. The van der Waals surface area contributed by atoms with Gasteiger partial charge >= 0.3 is 5.97 Å². The number of hydrogen-bond donors (Lipinski definition) is 0. The lowest BCUT2D eigenvalue weighted by Crippen LogP contribution is -2.59. The highest BCUT2D eigenvalue weighted by atomic mass is 16.5. The lowest BCUT2D eigenvalue weighted by atomic mass is 9.80. The summed E-state index contributed by atoms with van der Waals surface area (Å²) in [6.07, 6.45) is 2.33. The van der Waals surface area contributed by atoms with E-state index in [9.17, 15) is 10.0 Å². The predicted octanol–water partition coefficient (Wildman–Crippen LogP) is 2.85. The van der Waals surface area contributed by atoms with Gasteiger partial charge in [0.25, 0.3) is 0 Å². The average molecular weight is 242 g/mol. The molecule has 1 fully saturated rings. The third-order valence-electron chi connectivity index (χ3n) is 3.31. The van der Waals surface area contributed by atoms with E-state index in [1.807, 2.05) is 34.6 Å². The second-order valence-corrected chi connectivity index (χ2v) is 6.19. The summed E-state index contributed by atoms with van der Waals surface area (Å²) >= 11 is 0. The van der Waals surface area contributed by atoms with Crippen molar-refractivity contribution in [1.29, 1.82) is 0 Å². The van der Waals surface area contributed by atoms with Crippen LogP contribution in [-0.4, -0.2) is 28.2 Å². The first-order chi connectivity index (χ1) is 7.69. The van der Waals surface area contributed by atoms with Crippen LogP contribution in [0.4, 0.5) is 0 Å². The summed E-state index contributed by atoms with van der Waals surface area (Å²) in [4.78, 5) is 11.5. The Hall–Kier alpha value is -0.610. The van der Waals surface area contributed by atoms with E-state index in [1.54, 1.807) is 0 Å². The Labute approximate surface area is 104 Å². The SMILES string of the molecule is CCCC(=O)OC1CC(C)(C)N([O-])C(C)(C)C1. The molecular formula is C13H24NO3-. The molecule has 100 valence electrons. The summed E-state index contributed by atoms with van der Waals surface area (Å²) in [5, 5.41) is 13.2. The zero-order valence-electron chi connectivity index (χ0n) is 11.6. The van der Waals surface area contributed by atoms with Crippen molar-refractivity contribution in [3.63, 3.8) is 0 Å². The first-order valence-corrected chi connectivity index (χ1v) is 6.36. The molecule has 1 heterocycles. The minimum Gasteiger partial charge on any atom is -0.784 e. The summed E-state index contributed by atoms with van der Waals surface area (Å²) in [5.74, 6) is -0.150. The standard InChI is InChI=1S/C13H24NO3/c1-6-7-11(15)17-10-8-12(2,3)14(16)13(4,5)9-10/h10H,6-9H2,1-5H3/q-1. The van der Waals surface area contributed by atoms with Crippen LogP contribution in [0.3, 0.4) is 0 Å². The molecule has 1 aliphatic rings. The maximum atomic E-state index is 12.1. The molecule has 4 nitrogen and oxygen atoms in total. The molecule has 0 aromatic heterocycles. The fraction of sp³-hybridized carbons (Fsp3) is 0.923. The molecule has 0 aromatic carbocycles. The first-order valence-electron chi connectivity index (χ1n) is 6.36. The number of ether oxygens (including phenoxy) is 1. The molecule has 0 unspecified atom stereocenters. The van der Waals surface area contributed by atoms with Gasteiger partial charge in [-0.05, 0) is 34.1 Å². The fourth-order valence-electron chi connectivity index (χ4n) is 2.70. The van der Waals surface area contributed by atoms with Crippen molar-refractivity contribution in [2.75, 3.05) is 0 Å². The van der Waals surface area contributed by atoms with E-state index < -0.39 is 11.1 Å². The Morgan fingerprint density at radius 2 is 1.76 bits per heavy atom. The summed E-state index contributed by atoms with van der Waals surface area (Å²) in [6, 6.07) is 0. The third kappa shape index (κ3) is 3.42. The number of nitrogens with zero attached hydrogens (tertiary/aromatic N) is 1. The summed E-state index contributed by atoms with van der Waals surface area (Å²) in [6.45, 7) is 9.57. The third-order valence-corrected chi connectivity index (χ3v) is 3.31. The number of carbonyl (C=O) groups excluding carboxylic acids is 1. The quantitative estimate of drug-likeness (QED) is 0.714. The molecular weight excluding hydrogens is 218 g/mol. The van der Waals surface area contributed by atoms with Crippen LogP contribution in [0.5, 0.6) is 0 Å². The lowest BCUT2D eigenvalue weighted by molar-refractivity contribution is -0.157. The van der Waals surface area contributed by atoms with Crippen LogP contribution >= 0.6 is 0 Å². The van der Waals surface area contributed by atoms with E-state index in [2.05, 4.69) is 0 Å². The maximum Gasteiger partial charge on any atom is 0.306 e. The summed E-state index contributed by atoms with van der Waals surface area (Å²) in [5.41, 5.74) is -0.947. The van der Waals surface area contributed by atoms with Gasteiger partial charge in [0, 0.05) is 30.3 Å². The largest absolute Gasteiger partial charge is 0.784 e. The Morgan fingerprint density at radius 1 is 1.29 bits per heavy atom. The lowest BCUT2D eigenvalue weighted by Gasteiger charge is -2.59. The minimum atomic E-state index is -0.473. The molecule has 0 atom stereocenters. The van der Waals surface area contributed by atoms with Crippen molar-refractivity contribution in [2.45, 2.75) is 77.5 Å². The second kappa shape index (κ2) is 4.94. The van der Waals surface area contributed by atoms with Gasteiger partial charge in [-0.1, -0.05) is 6.92 Å². The van der Waals surface area contributed by atoms with Crippen LogP contribution < -0.4 is 0 Å². The number of rotatable bonds is 3. The van der Waals surface area contributed by atoms with E-state index in [0.717, 1.165) is 11.5 Å². The molecule has 17 heavy (non-hydrogen) atoms. The molecule has 4 heteroatoms. The van der Waals surface area contributed by atoms with Gasteiger partial charge in [-0.3, -0.25) is 4.79 Å². The monoisotopic (exact) mass is 242 g/mol. The van der Waals surface area contributed by atoms with Crippen LogP contribution in [0.25, 0.3) is 0 Å². The maximum absolute atomic E-state index is 12.1. The predicted molar refractivity (Wildman–Crippen MR) is 67.4 cm³/mol.